The van der Waals surface area contributed by atoms with Crippen LogP contribution in [0.25, 0.3) is 0 Å². The molecule has 0 fully saturated rings. The fourth-order valence-corrected chi connectivity index (χ4v) is 2.19. The van der Waals surface area contributed by atoms with E-state index in [4.69, 9.17) is 10.5 Å². The average Bonchev–Trinajstić information content (AvgIpc) is 2.38. The Morgan fingerprint density at radius 3 is 2.47 bits per heavy atom. The lowest BCUT2D eigenvalue weighted by Gasteiger charge is -2.30. The second-order valence-corrected chi connectivity index (χ2v) is 4.53. The van der Waals surface area contributed by atoms with E-state index in [2.05, 4.69) is 28.7 Å². The van der Waals surface area contributed by atoms with Gasteiger partial charge >= 0.3 is 0 Å². The molecule has 0 amide bonds. The molecule has 0 saturated heterocycles. The van der Waals surface area contributed by atoms with Crippen molar-refractivity contribution in [2.75, 3.05) is 24.6 Å². The summed E-state index contributed by atoms with van der Waals surface area (Å²) < 4.78 is 5.49. The van der Waals surface area contributed by atoms with Crippen molar-refractivity contribution < 1.29 is 4.74 Å². The van der Waals surface area contributed by atoms with Crippen LogP contribution in [0.15, 0.2) is 6.07 Å². The minimum Gasteiger partial charge on any atom is -0.478 e. The van der Waals surface area contributed by atoms with E-state index in [1.807, 2.05) is 19.9 Å². The highest BCUT2D eigenvalue weighted by Gasteiger charge is 2.18. The van der Waals surface area contributed by atoms with Gasteiger partial charge in [-0.3, -0.25) is 0 Å². The summed E-state index contributed by atoms with van der Waals surface area (Å²) in [6.45, 7) is 10.2. The lowest BCUT2D eigenvalue weighted by Crippen LogP contribution is -2.39. The predicted molar refractivity (Wildman–Crippen MR) is 78.7 cm³/mol. The summed E-state index contributed by atoms with van der Waals surface area (Å²) in [5, 5.41) is 0. The van der Waals surface area contributed by atoms with E-state index in [1.54, 1.807) is 0 Å². The van der Waals surface area contributed by atoms with Crippen LogP contribution in [-0.2, 0) is 0 Å². The largest absolute Gasteiger partial charge is 0.478 e. The van der Waals surface area contributed by atoms with Crippen LogP contribution in [-0.4, -0.2) is 35.7 Å². The Bertz CT molecular complexity index is 380. The van der Waals surface area contributed by atoms with E-state index in [-0.39, 0.29) is 0 Å². The summed E-state index contributed by atoms with van der Waals surface area (Å²) in [6, 6.07) is 2.28. The average molecular weight is 266 g/mol. The van der Waals surface area contributed by atoms with Gasteiger partial charge < -0.3 is 15.4 Å². The van der Waals surface area contributed by atoms with Gasteiger partial charge in [-0.15, -0.1) is 0 Å². The number of nitrogens with zero attached hydrogens (tertiary/aromatic N) is 3. The van der Waals surface area contributed by atoms with Crippen LogP contribution in [0.3, 0.4) is 0 Å². The molecule has 5 heteroatoms. The van der Waals surface area contributed by atoms with Crippen LogP contribution in [0, 0.1) is 6.92 Å². The summed E-state index contributed by atoms with van der Waals surface area (Å²) in [7, 11) is 0. The SMILES string of the molecule is CCOc1cc(C)nc(N(CCN)C(CC)CC)n1. The Hall–Kier alpha value is -1.36. The number of ether oxygens (including phenoxy) is 1. The van der Waals surface area contributed by atoms with Crippen LogP contribution < -0.4 is 15.4 Å². The molecule has 0 spiro atoms. The first kappa shape index (κ1) is 15.7. The Morgan fingerprint density at radius 1 is 1.26 bits per heavy atom. The van der Waals surface area contributed by atoms with Gasteiger partial charge in [-0.1, -0.05) is 13.8 Å². The fraction of sp³-hybridized carbons (Fsp3) is 0.714. The van der Waals surface area contributed by atoms with Crippen LogP contribution >= 0.6 is 0 Å². The molecule has 0 aliphatic heterocycles. The summed E-state index contributed by atoms with van der Waals surface area (Å²) >= 11 is 0. The van der Waals surface area contributed by atoms with Gasteiger partial charge in [-0.05, 0) is 26.7 Å². The van der Waals surface area contributed by atoms with Crippen LogP contribution in [0.1, 0.15) is 39.3 Å². The minimum absolute atomic E-state index is 0.417. The molecule has 0 aliphatic rings. The molecular weight excluding hydrogens is 240 g/mol. The molecule has 19 heavy (non-hydrogen) atoms. The number of aromatic nitrogens is 2. The molecule has 0 atom stereocenters. The topological polar surface area (TPSA) is 64.3 Å². The smallest absolute Gasteiger partial charge is 0.229 e. The molecule has 1 aromatic heterocycles. The van der Waals surface area contributed by atoms with Gasteiger partial charge in [0, 0.05) is 30.9 Å². The number of hydrogen-bond donors (Lipinski definition) is 1. The van der Waals surface area contributed by atoms with Crippen LogP contribution in [0.4, 0.5) is 5.95 Å². The Balaban J connectivity index is 3.06. The van der Waals surface area contributed by atoms with Crippen molar-refractivity contribution >= 4 is 5.95 Å². The predicted octanol–water partition coefficient (Wildman–Crippen LogP) is 2.14. The third-order valence-corrected chi connectivity index (χ3v) is 3.12. The van der Waals surface area contributed by atoms with E-state index >= 15 is 0 Å². The zero-order valence-electron chi connectivity index (χ0n) is 12.5. The van der Waals surface area contributed by atoms with Gasteiger partial charge in [0.25, 0.3) is 0 Å². The Kier molecular flexibility index (Phi) is 6.56. The highest BCUT2D eigenvalue weighted by Crippen LogP contribution is 2.19. The lowest BCUT2D eigenvalue weighted by atomic mass is 10.1. The molecule has 0 aliphatic carbocycles. The number of aryl methyl sites for hydroxylation is 1. The molecule has 1 heterocycles. The van der Waals surface area contributed by atoms with Crippen molar-refractivity contribution in [1.82, 2.24) is 9.97 Å². The molecule has 0 radical (unpaired) electrons. The van der Waals surface area contributed by atoms with Crippen molar-refractivity contribution in [1.29, 1.82) is 0 Å². The van der Waals surface area contributed by atoms with Crippen LogP contribution in [0.2, 0.25) is 0 Å². The standard InChI is InChI=1S/C14H26N4O/c1-5-12(6-2)18(9-8-15)14-16-11(4)10-13(17-14)19-7-3/h10,12H,5-9,15H2,1-4H3. The molecule has 108 valence electrons. The summed E-state index contributed by atoms with van der Waals surface area (Å²) in [6.07, 6.45) is 2.11. The number of rotatable bonds is 8. The number of hydrogen-bond acceptors (Lipinski definition) is 5. The van der Waals surface area contributed by atoms with Crippen LogP contribution in [0.5, 0.6) is 5.88 Å². The maximum absolute atomic E-state index is 5.72. The molecule has 0 unspecified atom stereocenters. The fourth-order valence-electron chi connectivity index (χ4n) is 2.19. The molecule has 5 nitrogen and oxygen atoms in total. The van der Waals surface area contributed by atoms with Crippen molar-refractivity contribution in [2.45, 2.75) is 46.6 Å². The molecule has 1 rings (SSSR count). The maximum atomic E-state index is 5.72. The summed E-state index contributed by atoms with van der Waals surface area (Å²) in [4.78, 5) is 11.2. The molecule has 2 N–H and O–H groups in total. The van der Waals surface area contributed by atoms with E-state index in [1.165, 1.54) is 0 Å². The molecule has 0 aromatic carbocycles. The van der Waals surface area contributed by atoms with Crippen molar-refractivity contribution in [3.05, 3.63) is 11.8 Å². The van der Waals surface area contributed by atoms with Gasteiger partial charge in [-0.25, -0.2) is 4.98 Å². The normalized spacial score (nSPS) is 10.8. The zero-order valence-corrected chi connectivity index (χ0v) is 12.5. The quantitative estimate of drug-likeness (QED) is 0.781. The second-order valence-electron chi connectivity index (χ2n) is 4.53. The van der Waals surface area contributed by atoms with E-state index in [0.29, 0.717) is 25.1 Å². The van der Waals surface area contributed by atoms with Gasteiger partial charge in [0.2, 0.25) is 11.8 Å². The molecule has 0 saturated carbocycles. The van der Waals surface area contributed by atoms with Gasteiger partial charge in [0.05, 0.1) is 6.61 Å². The first-order valence-corrected chi connectivity index (χ1v) is 7.11. The lowest BCUT2D eigenvalue weighted by molar-refractivity contribution is 0.325. The van der Waals surface area contributed by atoms with E-state index in [0.717, 1.165) is 31.0 Å². The monoisotopic (exact) mass is 266 g/mol. The number of nitrogens with two attached hydrogens (primary N) is 1. The third kappa shape index (κ3) is 4.35. The third-order valence-electron chi connectivity index (χ3n) is 3.12. The Morgan fingerprint density at radius 2 is 1.95 bits per heavy atom. The maximum Gasteiger partial charge on any atom is 0.229 e. The van der Waals surface area contributed by atoms with Crippen molar-refractivity contribution in [3.63, 3.8) is 0 Å². The van der Waals surface area contributed by atoms with Crippen molar-refractivity contribution in [2.24, 2.45) is 5.73 Å². The van der Waals surface area contributed by atoms with Crippen molar-refractivity contribution in [3.8, 4) is 5.88 Å². The Labute approximate surface area is 116 Å². The minimum atomic E-state index is 0.417. The molecule has 0 bridgehead atoms. The zero-order chi connectivity index (χ0) is 14.3. The summed E-state index contributed by atoms with van der Waals surface area (Å²) in [5.41, 5.74) is 6.64. The summed E-state index contributed by atoms with van der Waals surface area (Å²) in [5.74, 6) is 1.36. The second kappa shape index (κ2) is 7.94. The first-order chi connectivity index (χ1) is 9.15. The van der Waals surface area contributed by atoms with E-state index in [9.17, 15) is 0 Å². The molecule has 1 aromatic rings. The first-order valence-electron chi connectivity index (χ1n) is 7.11. The molecular formula is C14H26N4O. The number of anilines is 1. The van der Waals surface area contributed by atoms with Gasteiger partial charge in [0.15, 0.2) is 0 Å². The van der Waals surface area contributed by atoms with Gasteiger partial charge in [-0.2, -0.15) is 4.98 Å². The van der Waals surface area contributed by atoms with Gasteiger partial charge in [0.1, 0.15) is 0 Å². The van der Waals surface area contributed by atoms with E-state index < -0.39 is 0 Å². The highest BCUT2D eigenvalue weighted by atomic mass is 16.5. The highest BCUT2D eigenvalue weighted by molar-refractivity contribution is 5.35.